The van der Waals surface area contributed by atoms with E-state index in [-0.39, 0.29) is 6.09 Å². The normalized spacial score (nSPS) is 15.5. The first-order valence-electron chi connectivity index (χ1n) is 7.84. The number of hydrogen-bond acceptors (Lipinski definition) is 4. The van der Waals surface area contributed by atoms with Gasteiger partial charge in [0, 0.05) is 31.0 Å². The summed E-state index contributed by atoms with van der Waals surface area (Å²) < 4.78 is 10.8. The molecule has 1 aliphatic heterocycles. The summed E-state index contributed by atoms with van der Waals surface area (Å²) in [7, 11) is 0. The van der Waals surface area contributed by atoms with E-state index in [2.05, 4.69) is 4.90 Å². The summed E-state index contributed by atoms with van der Waals surface area (Å²) in [6.07, 6.45) is -0.311. The molecule has 0 aliphatic carbocycles. The van der Waals surface area contributed by atoms with E-state index in [9.17, 15) is 4.79 Å². The predicted octanol–water partition coefficient (Wildman–Crippen LogP) is 3.28. The first-order chi connectivity index (χ1) is 10.4. The largest absolute Gasteiger partial charge is 0.443 e. The smallest absolute Gasteiger partial charge is 0.414 e. The van der Waals surface area contributed by atoms with Crippen molar-refractivity contribution in [3.8, 4) is 0 Å². The average Bonchev–Trinajstić information content (AvgIpc) is 2.48. The van der Waals surface area contributed by atoms with Gasteiger partial charge in [-0.05, 0) is 52.0 Å². The summed E-state index contributed by atoms with van der Waals surface area (Å²) in [6, 6.07) is 8.04. The van der Waals surface area contributed by atoms with Gasteiger partial charge in [-0.25, -0.2) is 4.79 Å². The van der Waals surface area contributed by atoms with Crippen LogP contribution in [0, 0.1) is 0 Å². The van der Waals surface area contributed by atoms with Crippen molar-refractivity contribution in [1.29, 1.82) is 0 Å². The first-order valence-corrected chi connectivity index (χ1v) is 7.84. The second kappa shape index (κ2) is 7.01. The van der Waals surface area contributed by atoms with Crippen LogP contribution in [0.15, 0.2) is 24.3 Å². The fourth-order valence-electron chi connectivity index (χ4n) is 2.40. The molecule has 1 amide bonds. The number of morpholine rings is 1. The summed E-state index contributed by atoms with van der Waals surface area (Å²) >= 11 is 0. The molecule has 0 radical (unpaired) electrons. The van der Waals surface area contributed by atoms with Crippen molar-refractivity contribution in [3.63, 3.8) is 0 Å². The molecule has 1 aliphatic rings. The number of amides is 1. The molecule has 5 heteroatoms. The second-order valence-electron chi connectivity index (χ2n) is 6.34. The van der Waals surface area contributed by atoms with Gasteiger partial charge in [0.05, 0.1) is 13.2 Å². The zero-order valence-corrected chi connectivity index (χ0v) is 14.0. The fourth-order valence-corrected chi connectivity index (χ4v) is 2.40. The minimum Gasteiger partial charge on any atom is -0.443 e. The molecule has 5 nitrogen and oxygen atoms in total. The molecule has 1 aromatic carbocycles. The van der Waals surface area contributed by atoms with Gasteiger partial charge in [-0.1, -0.05) is 0 Å². The van der Waals surface area contributed by atoms with Crippen molar-refractivity contribution >= 4 is 17.5 Å². The highest BCUT2D eigenvalue weighted by atomic mass is 16.6. The second-order valence-corrected chi connectivity index (χ2v) is 6.34. The zero-order valence-electron chi connectivity index (χ0n) is 14.0. The van der Waals surface area contributed by atoms with E-state index in [1.165, 1.54) is 0 Å². The van der Waals surface area contributed by atoms with Crippen molar-refractivity contribution in [3.05, 3.63) is 24.3 Å². The van der Waals surface area contributed by atoms with Crippen LogP contribution >= 0.6 is 0 Å². The molecule has 122 valence electrons. The number of nitrogens with zero attached hydrogens (tertiary/aromatic N) is 2. The van der Waals surface area contributed by atoms with E-state index in [0.717, 1.165) is 37.7 Å². The van der Waals surface area contributed by atoms with Crippen LogP contribution in [0.25, 0.3) is 0 Å². The summed E-state index contributed by atoms with van der Waals surface area (Å²) in [5.41, 5.74) is 1.53. The van der Waals surface area contributed by atoms with Gasteiger partial charge >= 0.3 is 6.09 Å². The molecule has 1 heterocycles. The number of carbonyl (C=O) groups is 1. The summed E-state index contributed by atoms with van der Waals surface area (Å²) in [5, 5.41) is 0. The van der Waals surface area contributed by atoms with Crippen LogP contribution in [-0.4, -0.2) is 44.5 Å². The Morgan fingerprint density at radius 2 is 1.82 bits per heavy atom. The van der Waals surface area contributed by atoms with Crippen LogP contribution in [0.1, 0.15) is 27.7 Å². The molecular weight excluding hydrogens is 280 g/mol. The molecule has 0 aromatic heterocycles. The van der Waals surface area contributed by atoms with Gasteiger partial charge in [-0.3, -0.25) is 4.90 Å². The molecule has 0 saturated carbocycles. The summed E-state index contributed by atoms with van der Waals surface area (Å²) in [4.78, 5) is 16.2. The fraction of sp³-hybridized carbons (Fsp3) is 0.588. The minimum absolute atomic E-state index is 0.311. The van der Waals surface area contributed by atoms with Gasteiger partial charge in [0.1, 0.15) is 5.60 Å². The van der Waals surface area contributed by atoms with Crippen LogP contribution in [0.2, 0.25) is 0 Å². The molecular formula is C17H26N2O3. The Hall–Kier alpha value is -1.75. The maximum atomic E-state index is 12.3. The van der Waals surface area contributed by atoms with Gasteiger partial charge in [0.25, 0.3) is 0 Å². The summed E-state index contributed by atoms with van der Waals surface area (Å²) in [5.74, 6) is 0. The predicted molar refractivity (Wildman–Crippen MR) is 88.7 cm³/mol. The van der Waals surface area contributed by atoms with Gasteiger partial charge in [0.2, 0.25) is 0 Å². The minimum atomic E-state index is -0.488. The molecule has 0 bridgehead atoms. The van der Waals surface area contributed by atoms with E-state index in [0.29, 0.717) is 6.54 Å². The lowest BCUT2D eigenvalue weighted by Gasteiger charge is -2.30. The monoisotopic (exact) mass is 306 g/mol. The molecule has 22 heavy (non-hydrogen) atoms. The van der Waals surface area contributed by atoms with Gasteiger partial charge in [-0.15, -0.1) is 0 Å². The van der Waals surface area contributed by atoms with Crippen molar-refractivity contribution in [2.24, 2.45) is 0 Å². The highest BCUT2D eigenvalue weighted by molar-refractivity contribution is 5.88. The number of hydrogen-bond donors (Lipinski definition) is 0. The third kappa shape index (κ3) is 4.37. The van der Waals surface area contributed by atoms with Crippen LogP contribution in [0.4, 0.5) is 16.2 Å². The maximum Gasteiger partial charge on any atom is 0.414 e. The molecule has 1 aromatic rings. The number of benzene rings is 1. The molecule has 0 N–H and O–H groups in total. The first kappa shape index (κ1) is 16.6. The Balaban J connectivity index is 2.08. The van der Waals surface area contributed by atoms with E-state index < -0.39 is 5.60 Å². The third-order valence-corrected chi connectivity index (χ3v) is 3.47. The Bertz CT molecular complexity index is 488. The van der Waals surface area contributed by atoms with E-state index in [4.69, 9.17) is 9.47 Å². The Morgan fingerprint density at radius 1 is 1.23 bits per heavy atom. The van der Waals surface area contributed by atoms with Gasteiger partial charge in [0.15, 0.2) is 0 Å². The number of carbonyl (C=O) groups excluding carboxylic acids is 1. The molecule has 1 fully saturated rings. The Morgan fingerprint density at radius 3 is 2.32 bits per heavy atom. The zero-order chi connectivity index (χ0) is 16.2. The van der Waals surface area contributed by atoms with E-state index in [1.807, 2.05) is 52.0 Å². The van der Waals surface area contributed by atoms with Gasteiger partial charge < -0.3 is 14.4 Å². The molecule has 0 unspecified atom stereocenters. The Kier molecular flexibility index (Phi) is 5.29. The van der Waals surface area contributed by atoms with Crippen LogP contribution in [-0.2, 0) is 9.47 Å². The van der Waals surface area contributed by atoms with Gasteiger partial charge in [-0.2, -0.15) is 0 Å². The van der Waals surface area contributed by atoms with E-state index >= 15 is 0 Å². The molecule has 0 spiro atoms. The van der Waals surface area contributed by atoms with Crippen molar-refractivity contribution in [2.45, 2.75) is 33.3 Å². The summed E-state index contributed by atoms with van der Waals surface area (Å²) in [6.45, 7) is 11.5. The van der Waals surface area contributed by atoms with Crippen molar-refractivity contribution in [1.82, 2.24) is 0 Å². The topological polar surface area (TPSA) is 42.0 Å². The maximum absolute atomic E-state index is 12.3. The number of ether oxygens (including phenoxy) is 2. The van der Waals surface area contributed by atoms with Crippen LogP contribution in [0.5, 0.6) is 0 Å². The van der Waals surface area contributed by atoms with E-state index in [1.54, 1.807) is 4.90 Å². The lowest BCUT2D eigenvalue weighted by atomic mass is 10.2. The van der Waals surface area contributed by atoms with Crippen LogP contribution < -0.4 is 9.80 Å². The highest BCUT2D eigenvalue weighted by Crippen LogP contribution is 2.23. The lowest BCUT2D eigenvalue weighted by Crippen LogP contribution is -2.37. The highest BCUT2D eigenvalue weighted by Gasteiger charge is 2.22. The van der Waals surface area contributed by atoms with Crippen molar-refractivity contribution in [2.75, 3.05) is 42.6 Å². The lowest BCUT2D eigenvalue weighted by molar-refractivity contribution is 0.0582. The van der Waals surface area contributed by atoms with Crippen molar-refractivity contribution < 1.29 is 14.3 Å². The molecule has 0 atom stereocenters. The SMILES string of the molecule is CCN(C(=O)OC(C)(C)C)c1ccc(N2CCOCC2)cc1. The number of rotatable bonds is 3. The van der Waals surface area contributed by atoms with Crippen LogP contribution in [0.3, 0.4) is 0 Å². The standard InChI is InChI=1S/C17H26N2O3/c1-5-19(16(20)22-17(2,3)4)15-8-6-14(7-9-15)18-10-12-21-13-11-18/h6-9H,5,10-13H2,1-4H3. The molecule has 2 rings (SSSR count). The quantitative estimate of drug-likeness (QED) is 0.859. The molecule has 1 saturated heterocycles. The Labute approximate surface area is 132 Å². The number of anilines is 2. The average molecular weight is 306 g/mol. The third-order valence-electron chi connectivity index (χ3n) is 3.47.